The van der Waals surface area contributed by atoms with Crippen LogP contribution in [0.5, 0.6) is 0 Å². The van der Waals surface area contributed by atoms with Gasteiger partial charge in [-0.15, -0.1) is 0 Å². The first kappa shape index (κ1) is 29.8. The lowest BCUT2D eigenvalue weighted by Gasteiger charge is -2.17. The van der Waals surface area contributed by atoms with E-state index in [-0.39, 0.29) is 0 Å². The molecule has 0 aliphatic heterocycles. The number of aromatic nitrogens is 2. The topological polar surface area (TPSA) is 37.8 Å². The van der Waals surface area contributed by atoms with Crippen LogP contribution in [0.1, 0.15) is 11.1 Å². The maximum Gasteiger partial charge on any atom is 0.160 e. The summed E-state index contributed by atoms with van der Waals surface area (Å²) < 4.78 is 0. The van der Waals surface area contributed by atoms with Crippen LogP contribution in [-0.2, 0) is 0 Å². The van der Waals surface area contributed by atoms with Crippen LogP contribution in [0, 0.1) is 0 Å². The second kappa shape index (κ2) is 13.3. The molecule has 0 aliphatic carbocycles. The van der Waals surface area contributed by atoms with Crippen LogP contribution >= 0.6 is 0 Å². The number of para-hydroxylation sites is 1. The van der Waals surface area contributed by atoms with Gasteiger partial charge >= 0.3 is 0 Å². The molecule has 49 heavy (non-hydrogen) atoms. The Kier molecular flexibility index (Phi) is 8.07. The third-order valence-electron chi connectivity index (χ3n) is 8.82. The van der Waals surface area contributed by atoms with Crippen LogP contribution in [-0.4, -0.2) is 9.97 Å². The molecule has 8 rings (SSSR count). The van der Waals surface area contributed by atoms with Crippen LogP contribution < -0.4 is 5.32 Å². The average Bonchev–Trinajstić information content (AvgIpc) is 3.18. The second-order valence-corrected chi connectivity index (χ2v) is 12.1. The van der Waals surface area contributed by atoms with E-state index < -0.39 is 0 Å². The number of fused-ring (bicyclic) bond motifs is 1. The van der Waals surface area contributed by atoms with Gasteiger partial charge in [0.1, 0.15) is 0 Å². The van der Waals surface area contributed by atoms with Crippen LogP contribution in [0.15, 0.2) is 189 Å². The zero-order valence-corrected chi connectivity index (χ0v) is 26.9. The summed E-state index contributed by atoms with van der Waals surface area (Å²) in [6.45, 7) is 4.63. The summed E-state index contributed by atoms with van der Waals surface area (Å²) >= 11 is 0. The number of anilines is 2. The molecule has 0 aliphatic rings. The normalized spacial score (nSPS) is 10.9. The minimum Gasteiger partial charge on any atom is -0.355 e. The van der Waals surface area contributed by atoms with Gasteiger partial charge in [-0.2, -0.15) is 0 Å². The predicted octanol–water partition coefficient (Wildman–Crippen LogP) is 12.1. The molecular formula is C46H33N3. The average molecular weight is 628 g/mol. The standard InChI is InChI=1S/C46H33N3/c1-32(42-29-38-18-11-12-19-39(38)30-45(42)47-41-22-9-4-10-23-41)37-20-13-21-40(28-37)44-31-43(48-46(49-44)36-16-7-3-8-17-36)35-26-24-34(25-27-35)33-14-5-2-6-15-33/h2-31,47H,1H2. The van der Waals surface area contributed by atoms with Gasteiger partial charge in [-0.05, 0) is 69.4 Å². The van der Waals surface area contributed by atoms with Gasteiger partial charge in [0.05, 0.1) is 11.4 Å². The van der Waals surface area contributed by atoms with E-state index in [1.54, 1.807) is 0 Å². The highest BCUT2D eigenvalue weighted by Crippen LogP contribution is 2.36. The van der Waals surface area contributed by atoms with Crippen molar-refractivity contribution in [2.75, 3.05) is 5.32 Å². The fourth-order valence-corrected chi connectivity index (χ4v) is 6.22. The minimum absolute atomic E-state index is 0.688. The Morgan fingerprint density at radius 1 is 0.429 bits per heavy atom. The molecule has 7 aromatic carbocycles. The molecule has 0 fully saturated rings. The Morgan fingerprint density at radius 3 is 1.65 bits per heavy atom. The van der Waals surface area contributed by atoms with Crippen LogP contribution in [0.25, 0.3) is 61.4 Å². The minimum atomic E-state index is 0.688. The lowest BCUT2D eigenvalue weighted by Crippen LogP contribution is -1.98. The second-order valence-electron chi connectivity index (χ2n) is 12.1. The largest absolute Gasteiger partial charge is 0.355 e. The first-order valence-corrected chi connectivity index (χ1v) is 16.4. The number of benzene rings is 7. The van der Waals surface area contributed by atoms with E-state index in [1.165, 1.54) is 21.9 Å². The van der Waals surface area contributed by atoms with Crippen molar-refractivity contribution in [3.8, 4) is 45.0 Å². The molecule has 0 amide bonds. The summed E-state index contributed by atoms with van der Waals surface area (Å²) in [5.74, 6) is 0.688. The molecule has 8 aromatic rings. The molecule has 0 atom stereocenters. The van der Waals surface area contributed by atoms with Crippen molar-refractivity contribution in [1.29, 1.82) is 0 Å². The smallest absolute Gasteiger partial charge is 0.160 e. The highest BCUT2D eigenvalue weighted by molar-refractivity contribution is 5.96. The predicted molar refractivity (Wildman–Crippen MR) is 206 cm³/mol. The molecule has 1 N–H and O–H groups in total. The summed E-state index contributed by atoms with van der Waals surface area (Å²) in [6.07, 6.45) is 0. The fraction of sp³-hybridized carbons (Fsp3) is 0. The third-order valence-corrected chi connectivity index (χ3v) is 8.82. The van der Waals surface area contributed by atoms with E-state index in [0.29, 0.717) is 5.82 Å². The van der Waals surface area contributed by atoms with Crippen molar-refractivity contribution in [1.82, 2.24) is 9.97 Å². The summed E-state index contributed by atoms with van der Waals surface area (Å²) in [6, 6.07) is 62.9. The zero-order valence-electron chi connectivity index (χ0n) is 26.9. The van der Waals surface area contributed by atoms with Crippen molar-refractivity contribution in [2.45, 2.75) is 0 Å². The van der Waals surface area contributed by atoms with Gasteiger partial charge < -0.3 is 5.32 Å². The Labute approximate surface area is 286 Å². The van der Waals surface area contributed by atoms with E-state index in [2.05, 4.69) is 151 Å². The van der Waals surface area contributed by atoms with Crippen molar-refractivity contribution in [2.24, 2.45) is 0 Å². The van der Waals surface area contributed by atoms with Gasteiger partial charge in [-0.3, -0.25) is 0 Å². The van der Waals surface area contributed by atoms with Crippen molar-refractivity contribution in [3.63, 3.8) is 0 Å². The molecular weight excluding hydrogens is 595 g/mol. The van der Waals surface area contributed by atoms with Gasteiger partial charge in [-0.25, -0.2) is 9.97 Å². The number of nitrogens with one attached hydrogen (secondary N) is 1. The van der Waals surface area contributed by atoms with E-state index >= 15 is 0 Å². The Hall–Kier alpha value is -6.58. The Balaban J connectivity index is 1.20. The number of hydrogen-bond donors (Lipinski definition) is 1. The van der Waals surface area contributed by atoms with Gasteiger partial charge in [0.15, 0.2) is 5.82 Å². The SMILES string of the molecule is C=C(c1cccc(-c2cc(-c3ccc(-c4ccccc4)cc3)nc(-c3ccccc3)n2)c1)c1cc2ccccc2cc1Nc1ccccc1. The van der Waals surface area contributed by atoms with Gasteiger partial charge in [0.25, 0.3) is 0 Å². The first-order chi connectivity index (χ1) is 24.2. The maximum atomic E-state index is 5.10. The van der Waals surface area contributed by atoms with Crippen molar-refractivity contribution in [3.05, 3.63) is 200 Å². The van der Waals surface area contributed by atoms with Gasteiger partial charge in [-0.1, -0.05) is 152 Å². The number of hydrogen-bond acceptors (Lipinski definition) is 3. The molecule has 0 saturated heterocycles. The highest BCUT2D eigenvalue weighted by atomic mass is 14.9. The molecule has 1 heterocycles. The van der Waals surface area contributed by atoms with Crippen molar-refractivity contribution >= 4 is 27.7 Å². The van der Waals surface area contributed by atoms with E-state index in [9.17, 15) is 0 Å². The quantitative estimate of drug-likeness (QED) is 0.182. The molecule has 3 nitrogen and oxygen atoms in total. The van der Waals surface area contributed by atoms with Crippen LogP contribution in [0.3, 0.4) is 0 Å². The third kappa shape index (κ3) is 6.38. The monoisotopic (exact) mass is 627 g/mol. The summed E-state index contributed by atoms with van der Waals surface area (Å²) in [7, 11) is 0. The zero-order chi connectivity index (χ0) is 33.0. The van der Waals surface area contributed by atoms with E-state index in [4.69, 9.17) is 9.97 Å². The summed E-state index contributed by atoms with van der Waals surface area (Å²) in [5.41, 5.74) is 12.1. The molecule has 0 bridgehead atoms. The molecule has 232 valence electrons. The lowest BCUT2D eigenvalue weighted by atomic mass is 9.93. The molecule has 0 unspecified atom stereocenters. The van der Waals surface area contributed by atoms with Gasteiger partial charge in [0, 0.05) is 33.6 Å². The Bertz CT molecular complexity index is 2400. The number of rotatable bonds is 8. The highest BCUT2D eigenvalue weighted by Gasteiger charge is 2.15. The molecule has 0 spiro atoms. The first-order valence-electron chi connectivity index (χ1n) is 16.4. The Morgan fingerprint density at radius 2 is 0.959 bits per heavy atom. The van der Waals surface area contributed by atoms with E-state index in [1.807, 2.05) is 42.5 Å². The maximum absolute atomic E-state index is 5.10. The fourth-order valence-electron chi connectivity index (χ4n) is 6.22. The summed E-state index contributed by atoms with van der Waals surface area (Å²) in [5, 5.41) is 5.98. The van der Waals surface area contributed by atoms with Crippen LogP contribution in [0.4, 0.5) is 11.4 Å². The number of nitrogens with zero attached hydrogens (tertiary/aromatic N) is 2. The summed E-state index contributed by atoms with van der Waals surface area (Å²) in [4.78, 5) is 10.1. The van der Waals surface area contributed by atoms with Gasteiger partial charge in [0.2, 0.25) is 0 Å². The molecule has 0 radical (unpaired) electrons. The van der Waals surface area contributed by atoms with Crippen LogP contribution in [0.2, 0.25) is 0 Å². The van der Waals surface area contributed by atoms with Crippen molar-refractivity contribution < 1.29 is 0 Å². The molecule has 3 heteroatoms. The molecule has 1 aromatic heterocycles. The van der Waals surface area contributed by atoms with E-state index in [0.717, 1.165) is 56.2 Å². The molecule has 0 saturated carbocycles. The lowest BCUT2D eigenvalue weighted by molar-refractivity contribution is 1.18.